The molecule has 0 amide bonds. The number of hydrogen-bond donors (Lipinski definition) is 1. The summed E-state index contributed by atoms with van der Waals surface area (Å²) < 4.78 is 5.26. The van der Waals surface area contributed by atoms with Crippen molar-refractivity contribution in [3.63, 3.8) is 0 Å². The Morgan fingerprint density at radius 2 is 1.73 bits per heavy atom. The van der Waals surface area contributed by atoms with E-state index in [-0.39, 0.29) is 12.0 Å². The topological polar surface area (TPSA) is 64.9 Å². The zero-order valence-electron chi connectivity index (χ0n) is 7.03. The molecule has 0 aliphatic heterocycles. The maximum atomic E-state index is 5.53. The minimum Gasteiger partial charge on any atom is -0.423 e. The molecule has 62 valence electrons. The van der Waals surface area contributed by atoms with Gasteiger partial charge < -0.3 is 10.2 Å². The van der Waals surface area contributed by atoms with Gasteiger partial charge in [-0.1, -0.05) is 13.8 Å². The predicted octanol–water partition coefficient (Wildman–Crippen LogP) is 1.21. The molecule has 0 aliphatic rings. The highest BCUT2D eigenvalue weighted by Gasteiger charge is 2.11. The third-order valence-electron chi connectivity index (χ3n) is 1.34. The number of rotatable bonds is 2. The molecule has 0 bridgehead atoms. The Hall–Kier alpha value is -0.900. The Labute approximate surface area is 65.8 Å². The van der Waals surface area contributed by atoms with Crippen molar-refractivity contribution in [1.82, 2.24) is 10.2 Å². The normalized spacial score (nSPS) is 13.9. The predicted molar refractivity (Wildman–Crippen MR) is 41.0 cm³/mol. The van der Waals surface area contributed by atoms with E-state index in [1.165, 1.54) is 0 Å². The first-order valence-electron chi connectivity index (χ1n) is 3.70. The number of hydrogen-bond acceptors (Lipinski definition) is 4. The summed E-state index contributed by atoms with van der Waals surface area (Å²) in [6.07, 6.45) is 0. The van der Waals surface area contributed by atoms with Gasteiger partial charge in [0, 0.05) is 5.92 Å². The number of aromatic nitrogens is 2. The molecule has 1 unspecified atom stereocenters. The molecule has 1 rings (SSSR count). The molecule has 4 heteroatoms. The molecule has 2 N–H and O–H groups in total. The third-order valence-corrected chi connectivity index (χ3v) is 1.34. The van der Waals surface area contributed by atoms with Crippen molar-refractivity contribution in [2.75, 3.05) is 0 Å². The zero-order chi connectivity index (χ0) is 8.43. The SMILES string of the molecule is CC(C)c1nnc(C(C)N)o1. The van der Waals surface area contributed by atoms with E-state index in [0.29, 0.717) is 11.8 Å². The highest BCUT2D eigenvalue weighted by molar-refractivity contribution is 4.89. The highest BCUT2D eigenvalue weighted by atomic mass is 16.4. The fourth-order valence-corrected chi connectivity index (χ4v) is 0.664. The lowest BCUT2D eigenvalue weighted by atomic mass is 10.2. The van der Waals surface area contributed by atoms with Gasteiger partial charge in [-0.2, -0.15) is 0 Å². The van der Waals surface area contributed by atoms with Crippen molar-refractivity contribution in [3.05, 3.63) is 11.8 Å². The Morgan fingerprint density at radius 1 is 1.18 bits per heavy atom. The van der Waals surface area contributed by atoms with Crippen LogP contribution in [0.15, 0.2) is 4.42 Å². The van der Waals surface area contributed by atoms with Crippen LogP contribution < -0.4 is 5.73 Å². The van der Waals surface area contributed by atoms with Gasteiger partial charge in [0.05, 0.1) is 6.04 Å². The smallest absolute Gasteiger partial charge is 0.232 e. The van der Waals surface area contributed by atoms with Crippen molar-refractivity contribution in [2.24, 2.45) is 5.73 Å². The van der Waals surface area contributed by atoms with Gasteiger partial charge in [0.1, 0.15) is 0 Å². The van der Waals surface area contributed by atoms with Crippen LogP contribution in [-0.2, 0) is 0 Å². The van der Waals surface area contributed by atoms with Gasteiger partial charge in [-0.05, 0) is 6.92 Å². The van der Waals surface area contributed by atoms with Gasteiger partial charge in [0.2, 0.25) is 11.8 Å². The van der Waals surface area contributed by atoms with E-state index in [2.05, 4.69) is 10.2 Å². The molecular formula is C7H13N3O. The van der Waals surface area contributed by atoms with Crippen LogP contribution in [0.25, 0.3) is 0 Å². The van der Waals surface area contributed by atoms with Gasteiger partial charge in [-0.25, -0.2) is 0 Å². The van der Waals surface area contributed by atoms with Crippen LogP contribution in [0.3, 0.4) is 0 Å². The monoisotopic (exact) mass is 155 g/mol. The fraction of sp³-hybridized carbons (Fsp3) is 0.714. The average Bonchev–Trinajstić information content (AvgIpc) is 2.33. The molecule has 1 aromatic rings. The van der Waals surface area contributed by atoms with Gasteiger partial charge in [-0.3, -0.25) is 0 Å². The Morgan fingerprint density at radius 3 is 2.00 bits per heavy atom. The van der Waals surface area contributed by atoms with Crippen molar-refractivity contribution in [1.29, 1.82) is 0 Å². The van der Waals surface area contributed by atoms with Gasteiger partial charge in [-0.15, -0.1) is 10.2 Å². The minimum absolute atomic E-state index is 0.171. The Kier molecular flexibility index (Phi) is 2.24. The molecule has 0 saturated carbocycles. The molecule has 0 saturated heterocycles. The van der Waals surface area contributed by atoms with Crippen LogP contribution in [0, 0.1) is 0 Å². The van der Waals surface area contributed by atoms with Crippen LogP contribution in [0.4, 0.5) is 0 Å². The molecule has 4 nitrogen and oxygen atoms in total. The second-order valence-electron chi connectivity index (χ2n) is 2.92. The van der Waals surface area contributed by atoms with Crippen molar-refractivity contribution >= 4 is 0 Å². The summed E-state index contributed by atoms with van der Waals surface area (Å²) in [5.74, 6) is 1.43. The molecule has 0 fully saturated rings. The maximum Gasteiger partial charge on any atom is 0.232 e. The molecule has 0 radical (unpaired) electrons. The van der Waals surface area contributed by atoms with E-state index in [0.717, 1.165) is 0 Å². The van der Waals surface area contributed by atoms with Crippen LogP contribution in [0.1, 0.15) is 44.5 Å². The van der Waals surface area contributed by atoms with E-state index >= 15 is 0 Å². The van der Waals surface area contributed by atoms with Gasteiger partial charge >= 0.3 is 0 Å². The standard InChI is InChI=1S/C7H13N3O/c1-4(2)6-9-10-7(11-6)5(3)8/h4-5H,8H2,1-3H3. The lowest BCUT2D eigenvalue weighted by molar-refractivity contribution is 0.412. The molecule has 0 spiro atoms. The summed E-state index contributed by atoms with van der Waals surface area (Å²) in [4.78, 5) is 0. The summed E-state index contributed by atoms with van der Waals surface area (Å²) in [7, 11) is 0. The lowest BCUT2D eigenvalue weighted by Gasteiger charge is -1.96. The van der Waals surface area contributed by atoms with E-state index in [4.69, 9.17) is 10.2 Å². The molecule has 1 aromatic heterocycles. The Bertz CT molecular complexity index is 207. The van der Waals surface area contributed by atoms with E-state index < -0.39 is 0 Å². The first-order chi connectivity index (χ1) is 5.11. The second kappa shape index (κ2) is 3.00. The largest absolute Gasteiger partial charge is 0.423 e. The first kappa shape index (κ1) is 8.20. The lowest BCUT2D eigenvalue weighted by Crippen LogP contribution is -2.04. The summed E-state index contributed by atoms with van der Waals surface area (Å²) in [5, 5.41) is 7.64. The zero-order valence-corrected chi connectivity index (χ0v) is 7.03. The molecule has 0 aliphatic carbocycles. The average molecular weight is 155 g/mol. The fourth-order valence-electron chi connectivity index (χ4n) is 0.664. The third kappa shape index (κ3) is 1.77. The van der Waals surface area contributed by atoms with Crippen LogP contribution in [0.2, 0.25) is 0 Å². The summed E-state index contributed by atoms with van der Waals surface area (Å²) in [5.41, 5.74) is 5.53. The first-order valence-corrected chi connectivity index (χ1v) is 3.70. The summed E-state index contributed by atoms with van der Waals surface area (Å²) in [6.45, 7) is 5.81. The number of nitrogens with zero attached hydrogens (tertiary/aromatic N) is 2. The molecular weight excluding hydrogens is 142 g/mol. The van der Waals surface area contributed by atoms with E-state index in [9.17, 15) is 0 Å². The number of nitrogens with two attached hydrogens (primary N) is 1. The van der Waals surface area contributed by atoms with Gasteiger partial charge in [0.15, 0.2) is 0 Å². The molecule has 11 heavy (non-hydrogen) atoms. The van der Waals surface area contributed by atoms with E-state index in [1.807, 2.05) is 20.8 Å². The van der Waals surface area contributed by atoms with Crippen molar-refractivity contribution in [3.8, 4) is 0 Å². The summed E-state index contributed by atoms with van der Waals surface area (Å²) >= 11 is 0. The van der Waals surface area contributed by atoms with Crippen LogP contribution in [0.5, 0.6) is 0 Å². The van der Waals surface area contributed by atoms with Gasteiger partial charge in [0.25, 0.3) is 0 Å². The van der Waals surface area contributed by atoms with Crippen molar-refractivity contribution < 1.29 is 4.42 Å². The second-order valence-corrected chi connectivity index (χ2v) is 2.92. The van der Waals surface area contributed by atoms with Crippen LogP contribution >= 0.6 is 0 Å². The highest BCUT2D eigenvalue weighted by Crippen LogP contribution is 2.14. The minimum atomic E-state index is -0.171. The molecule has 1 atom stereocenters. The Balaban J connectivity index is 2.82. The van der Waals surface area contributed by atoms with Crippen molar-refractivity contribution in [2.45, 2.75) is 32.7 Å². The molecule has 0 aromatic carbocycles. The van der Waals surface area contributed by atoms with E-state index in [1.54, 1.807) is 0 Å². The summed E-state index contributed by atoms with van der Waals surface area (Å²) in [6, 6.07) is -0.171. The molecule has 1 heterocycles. The quantitative estimate of drug-likeness (QED) is 0.697. The van der Waals surface area contributed by atoms with Crippen LogP contribution in [-0.4, -0.2) is 10.2 Å². The maximum absolute atomic E-state index is 5.53.